The molecule has 3 heterocycles. The number of rotatable bonds is 6. The van der Waals surface area contributed by atoms with E-state index in [9.17, 15) is 9.59 Å². The van der Waals surface area contributed by atoms with E-state index >= 15 is 0 Å². The van der Waals surface area contributed by atoms with Gasteiger partial charge in [0.25, 0.3) is 11.5 Å². The largest absolute Gasteiger partial charge is 0.460 e. The highest BCUT2D eigenvalue weighted by Crippen LogP contribution is 2.27. The first-order valence-corrected chi connectivity index (χ1v) is 10.3. The second kappa shape index (κ2) is 8.00. The maximum absolute atomic E-state index is 13.0. The normalized spacial score (nSPS) is 11.1. The van der Waals surface area contributed by atoms with Gasteiger partial charge < -0.3 is 4.42 Å². The molecule has 7 nitrogen and oxygen atoms in total. The van der Waals surface area contributed by atoms with Gasteiger partial charge in [-0.25, -0.2) is 9.67 Å². The fourth-order valence-electron chi connectivity index (χ4n) is 3.04. The van der Waals surface area contributed by atoms with Crippen LogP contribution in [0.5, 0.6) is 0 Å². The minimum atomic E-state index is -0.400. The lowest BCUT2D eigenvalue weighted by Crippen LogP contribution is -2.27. The van der Waals surface area contributed by atoms with Crippen molar-refractivity contribution in [2.24, 2.45) is 0 Å². The fourth-order valence-corrected chi connectivity index (χ4v) is 3.73. The fraction of sp³-hybridized carbons (Fsp3) is 0.238. The molecule has 148 valence electrons. The number of nitrogens with one attached hydrogen (secondary N) is 1. The number of aromatic nitrogens is 3. The summed E-state index contributed by atoms with van der Waals surface area (Å²) in [6.07, 6.45) is 1.74. The second-order valence-corrected chi connectivity index (χ2v) is 7.54. The summed E-state index contributed by atoms with van der Waals surface area (Å²) in [7, 11) is 0. The summed E-state index contributed by atoms with van der Waals surface area (Å²) in [5, 5.41) is 10.4. The van der Waals surface area contributed by atoms with Gasteiger partial charge in [0.15, 0.2) is 16.6 Å². The first-order valence-electron chi connectivity index (χ1n) is 9.40. The zero-order valence-electron chi connectivity index (χ0n) is 16.1. The molecule has 0 saturated heterocycles. The number of carbonyl (C=O) groups excluding carboxylic acids is 1. The number of unbranched alkanes of at least 4 members (excludes halogenated alkanes) is 1. The topological polar surface area (TPSA) is 90.0 Å². The molecule has 4 rings (SSSR count). The Morgan fingerprint density at radius 3 is 2.72 bits per heavy atom. The maximum Gasteiger partial charge on any atom is 0.278 e. The number of fused-ring (bicyclic) bond motifs is 1. The monoisotopic (exact) mass is 408 g/mol. The summed E-state index contributed by atoms with van der Waals surface area (Å²) in [4.78, 5) is 30.1. The van der Waals surface area contributed by atoms with Crippen molar-refractivity contribution in [3.63, 3.8) is 0 Å². The van der Waals surface area contributed by atoms with Gasteiger partial charge in [-0.3, -0.25) is 14.9 Å². The van der Waals surface area contributed by atoms with Gasteiger partial charge in [0.05, 0.1) is 5.39 Å². The van der Waals surface area contributed by atoms with Crippen molar-refractivity contribution in [1.29, 1.82) is 0 Å². The van der Waals surface area contributed by atoms with E-state index < -0.39 is 5.91 Å². The number of nitrogens with zero attached hydrogens (tertiary/aromatic N) is 3. The van der Waals surface area contributed by atoms with Crippen LogP contribution in [-0.2, 0) is 6.54 Å². The smallest absolute Gasteiger partial charge is 0.278 e. The van der Waals surface area contributed by atoms with Crippen LogP contribution in [-0.4, -0.2) is 20.7 Å². The number of hydrogen-bond donors (Lipinski definition) is 1. The standard InChI is InChI=1S/C21H20N4O3S/c1-3-4-11-25-20(27)15-8-6-5-7-14(15)18(24-25)19(26)23-21-22-16(12-29-21)17-10-9-13(2)28-17/h5-10,12H,3-4,11H2,1-2H3,(H,22,23,26). The number of carbonyl (C=O) groups is 1. The molecule has 0 radical (unpaired) electrons. The first-order chi connectivity index (χ1) is 14.1. The Kier molecular flexibility index (Phi) is 5.26. The van der Waals surface area contributed by atoms with E-state index in [1.807, 2.05) is 31.4 Å². The molecule has 1 N–H and O–H groups in total. The third-order valence-corrected chi connectivity index (χ3v) is 5.28. The SMILES string of the molecule is CCCCn1nc(C(=O)Nc2nc(-c3ccc(C)o3)cs2)c2ccccc2c1=O. The molecular weight excluding hydrogens is 388 g/mol. The molecule has 0 bridgehead atoms. The van der Waals surface area contributed by atoms with Crippen LogP contribution in [0, 0.1) is 6.92 Å². The molecule has 3 aromatic heterocycles. The third kappa shape index (κ3) is 3.84. The van der Waals surface area contributed by atoms with E-state index in [0.717, 1.165) is 18.6 Å². The number of furan rings is 1. The average Bonchev–Trinajstić information content (AvgIpc) is 3.36. The van der Waals surface area contributed by atoms with Gasteiger partial charge in [-0.2, -0.15) is 5.10 Å². The summed E-state index contributed by atoms with van der Waals surface area (Å²) in [6, 6.07) is 10.7. The maximum atomic E-state index is 13.0. The molecule has 0 atom stereocenters. The highest BCUT2D eigenvalue weighted by Gasteiger charge is 2.18. The zero-order valence-corrected chi connectivity index (χ0v) is 17.0. The van der Waals surface area contributed by atoms with Crippen LogP contribution in [0.4, 0.5) is 5.13 Å². The molecule has 0 spiro atoms. The van der Waals surface area contributed by atoms with Gasteiger partial charge in [0, 0.05) is 17.3 Å². The predicted octanol–water partition coefficient (Wildman–Crippen LogP) is 4.47. The van der Waals surface area contributed by atoms with Gasteiger partial charge in [-0.15, -0.1) is 11.3 Å². The molecular formula is C21H20N4O3S. The Morgan fingerprint density at radius 1 is 1.21 bits per heavy atom. The number of hydrogen-bond acceptors (Lipinski definition) is 6. The summed E-state index contributed by atoms with van der Waals surface area (Å²) < 4.78 is 6.95. The van der Waals surface area contributed by atoms with Crippen LogP contribution in [0.1, 0.15) is 36.0 Å². The van der Waals surface area contributed by atoms with Gasteiger partial charge in [-0.1, -0.05) is 31.5 Å². The molecule has 1 amide bonds. The van der Waals surface area contributed by atoms with E-state index in [2.05, 4.69) is 15.4 Å². The molecule has 0 saturated carbocycles. The van der Waals surface area contributed by atoms with Crippen LogP contribution >= 0.6 is 11.3 Å². The van der Waals surface area contributed by atoms with Crippen LogP contribution < -0.4 is 10.9 Å². The molecule has 1 aromatic carbocycles. The molecule has 8 heteroatoms. The van der Waals surface area contributed by atoms with Gasteiger partial charge in [0.1, 0.15) is 11.5 Å². The van der Waals surface area contributed by atoms with E-state index in [4.69, 9.17) is 4.42 Å². The molecule has 0 fully saturated rings. The van der Waals surface area contributed by atoms with E-state index in [1.54, 1.807) is 24.3 Å². The van der Waals surface area contributed by atoms with Crippen molar-refractivity contribution < 1.29 is 9.21 Å². The molecule has 0 unspecified atom stereocenters. The van der Waals surface area contributed by atoms with Gasteiger partial charge >= 0.3 is 0 Å². The Labute approximate surface area is 171 Å². The van der Waals surface area contributed by atoms with Crippen LogP contribution in [0.15, 0.2) is 51.0 Å². The van der Waals surface area contributed by atoms with Crippen molar-refractivity contribution in [3.8, 4) is 11.5 Å². The van der Waals surface area contributed by atoms with E-state index in [0.29, 0.717) is 33.9 Å². The molecule has 0 aliphatic heterocycles. The van der Waals surface area contributed by atoms with Crippen LogP contribution in [0.3, 0.4) is 0 Å². The van der Waals surface area contributed by atoms with E-state index in [-0.39, 0.29) is 11.3 Å². The molecule has 0 aliphatic carbocycles. The number of thiazole rings is 1. The lowest BCUT2D eigenvalue weighted by molar-refractivity contribution is 0.102. The second-order valence-electron chi connectivity index (χ2n) is 6.68. The highest BCUT2D eigenvalue weighted by molar-refractivity contribution is 7.14. The highest BCUT2D eigenvalue weighted by atomic mass is 32.1. The van der Waals surface area contributed by atoms with Crippen molar-refractivity contribution in [3.05, 3.63) is 63.6 Å². The van der Waals surface area contributed by atoms with E-state index in [1.165, 1.54) is 16.0 Å². The minimum absolute atomic E-state index is 0.185. The Morgan fingerprint density at radius 2 is 2.00 bits per heavy atom. The Balaban J connectivity index is 1.67. The first kappa shape index (κ1) is 19.1. The minimum Gasteiger partial charge on any atom is -0.460 e. The van der Waals surface area contributed by atoms with Crippen molar-refractivity contribution in [2.75, 3.05) is 5.32 Å². The predicted molar refractivity (Wildman–Crippen MR) is 113 cm³/mol. The quantitative estimate of drug-likeness (QED) is 0.508. The van der Waals surface area contributed by atoms with Crippen molar-refractivity contribution >= 4 is 33.1 Å². The summed E-state index contributed by atoms with van der Waals surface area (Å²) in [5.41, 5.74) is 0.682. The van der Waals surface area contributed by atoms with Crippen LogP contribution in [0.25, 0.3) is 22.2 Å². The van der Waals surface area contributed by atoms with Crippen molar-refractivity contribution in [2.45, 2.75) is 33.2 Å². The zero-order chi connectivity index (χ0) is 20.4. The van der Waals surface area contributed by atoms with Crippen LogP contribution in [0.2, 0.25) is 0 Å². The number of aryl methyl sites for hydroxylation is 2. The summed E-state index contributed by atoms with van der Waals surface area (Å²) in [5.74, 6) is 1.04. The molecule has 29 heavy (non-hydrogen) atoms. The van der Waals surface area contributed by atoms with Gasteiger partial charge in [0.2, 0.25) is 0 Å². The molecule has 0 aliphatic rings. The average molecular weight is 408 g/mol. The van der Waals surface area contributed by atoms with Gasteiger partial charge in [-0.05, 0) is 31.5 Å². The third-order valence-electron chi connectivity index (χ3n) is 4.52. The summed E-state index contributed by atoms with van der Waals surface area (Å²) in [6.45, 7) is 4.38. The number of benzene rings is 1. The lowest BCUT2D eigenvalue weighted by Gasteiger charge is -2.10. The number of amides is 1. The lowest BCUT2D eigenvalue weighted by atomic mass is 10.1. The van der Waals surface area contributed by atoms with Crippen molar-refractivity contribution in [1.82, 2.24) is 14.8 Å². The Bertz CT molecular complexity index is 1240. The summed E-state index contributed by atoms with van der Waals surface area (Å²) >= 11 is 1.30. The number of anilines is 1. The Hall–Kier alpha value is -3.26. The molecule has 4 aromatic rings.